The number of nitrogens with zero attached hydrogens (tertiary/aromatic N) is 2. The van der Waals surface area contributed by atoms with Crippen molar-refractivity contribution in [3.63, 3.8) is 0 Å². The predicted octanol–water partition coefficient (Wildman–Crippen LogP) is 4.10. The summed E-state index contributed by atoms with van der Waals surface area (Å²) < 4.78 is 0. The number of urea groups is 1. The van der Waals surface area contributed by atoms with Gasteiger partial charge in [0.15, 0.2) is 5.13 Å². The van der Waals surface area contributed by atoms with Gasteiger partial charge in [-0.3, -0.25) is 14.5 Å². The second-order valence-corrected chi connectivity index (χ2v) is 9.35. The molecule has 1 aliphatic rings. The van der Waals surface area contributed by atoms with Crippen molar-refractivity contribution in [2.75, 3.05) is 11.9 Å². The number of carbonyl (C=O) groups excluding carboxylic acids is 3. The van der Waals surface area contributed by atoms with Crippen molar-refractivity contribution in [1.82, 2.24) is 15.2 Å². The summed E-state index contributed by atoms with van der Waals surface area (Å²) in [5, 5.41) is 6.44. The molecule has 4 amide bonds. The lowest BCUT2D eigenvalue weighted by Gasteiger charge is -2.22. The maximum Gasteiger partial charge on any atom is 0.325 e. The van der Waals surface area contributed by atoms with Crippen LogP contribution in [0, 0.1) is 6.92 Å². The number of hydrogen-bond donors (Lipinski definition) is 2. The average molecular weight is 469 g/mol. The van der Waals surface area contributed by atoms with Gasteiger partial charge in [0.25, 0.3) is 5.91 Å². The molecule has 1 aromatic heterocycles. The monoisotopic (exact) mass is 468 g/mol. The molecule has 32 heavy (non-hydrogen) atoms. The highest BCUT2D eigenvalue weighted by Crippen LogP contribution is 2.29. The molecule has 1 fully saturated rings. The summed E-state index contributed by atoms with van der Waals surface area (Å²) in [5.41, 5.74) is 1.53. The van der Waals surface area contributed by atoms with Crippen molar-refractivity contribution < 1.29 is 14.4 Å². The third-order valence-corrected chi connectivity index (χ3v) is 6.42. The fourth-order valence-electron chi connectivity index (χ4n) is 3.52. The third-order valence-electron chi connectivity index (χ3n) is 5.27. The van der Waals surface area contributed by atoms with Crippen LogP contribution in [0.3, 0.4) is 0 Å². The van der Waals surface area contributed by atoms with E-state index in [9.17, 15) is 14.4 Å². The van der Waals surface area contributed by atoms with Crippen LogP contribution in [0.15, 0.2) is 54.7 Å². The molecule has 1 aliphatic heterocycles. The maximum absolute atomic E-state index is 13.0. The number of benzene rings is 2. The molecule has 0 radical (unpaired) electrons. The van der Waals surface area contributed by atoms with E-state index >= 15 is 0 Å². The van der Waals surface area contributed by atoms with E-state index in [1.807, 2.05) is 43.3 Å². The van der Waals surface area contributed by atoms with Crippen LogP contribution in [0.1, 0.15) is 28.5 Å². The van der Waals surface area contributed by atoms with Crippen LogP contribution in [-0.4, -0.2) is 34.3 Å². The van der Waals surface area contributed by atoms with Crippen molar-refractivity contribution >= 4 is 45.9 Å². The van der Waals surface area contributed by atoms with E-state index in [4.69, 9.17) is 11.6 Å². The molecule has 1 unspecified atom stereocenters. The number of anilines is 1. The first-order chi connectivity index (χ1) is 15.2. The Labute approximate surface area is 194 Å². The third kappa shape index (κ3) is 4.51. The molecule has 0 aliphatic carbocycles. The number of hydrogen-bond acceptors (Lipinski definition) is 5. The first-order valence-corrected chi connectivity index (χ1v) is 11.1. The molecule has 1 atom stereocenters. The highest BCUT2D eigenvalue weighted by Gasteiger charge is 2.49. The number of amides is 4. The van der Waals surface area contributed by atoms with E-state index < -0.39 is 29.9 Å². The lowest BCUT2D eigenvalue weighted by Crippen LogP contribution is -2.42. The van der Waals surface area contributed by atoms with Crippen LogP contribution in [0.2, 0.25) is 5.02 Å². The van der Waals surface area contributed by atoms with Crippen LogP contribution in [0.25, 0.3) is 0 Å². The SMILES string of the molecule is Cc1ccc(C2(C)NC(=O)N(CC(=O)Nc3ncc(Cc4cccc(Cl)c4)s3)C2=O)cc1. The number of thiazole rings is 1. The zero-order chi connectivity index (χ0) is 22.9. The number of rotatable bonds is 6. The van der Waals surface area contributed by atoms with Gasteiger partial charge in [-0.1, -0.05) is 53.6 Å². The van der Waals surface area contributed by atoms with Crippen LogP contribution in [0.4, 0.5) is 9.93 Å². The Morgan fingerprint density at radius 3 is 2.69 bits per heavy atom. The van der Waals surface area contributed by atoms with Gasteiger partial charge in [-0.15, -0.1) is 11.3 Å². The van der Waals surface area contributed by atoms with Gasteiger partial charge in [-0.05, 0) is 37.1 Å². The van der Waals surface area contributed by atoms with Gasteiger partial charge in [0.05, 0.1) is 0 Å². The standard InChI is InChI=1S/C23H21ClN4O3S/c1-14-6-8-16(9-7-14)23(2)20(30)28(22(31)27-23)13-19(29)26-21-25-12-18(32-21)11-15-4-3-5-17(24)10-15/h3-10,12H,11,13H2,1-2H3,(H,27,31)(H,25,26,29). The van der Waals surface area contributed by atoms with Crippen molar-refractivity contribution in [3.05, 3.63) is 81.3 Å². The summed E-state index contributed by atoms with van der Waals surface area (Å²) >= 11 is 7.35. The van der Waals surface area contributed by atoms with Gasteiger partial charge in [0.2, 0.25) is 5.91 Å². The summed E-state index contributed by atoms with van der Waals surface area (Å²) in [6, 6.07) is 14.3. The van der Waals surface area contributed by atoms with E-state index in [1.54, 1.807) is 25.3 Å². The molecule has 0 saturated carbocycles. The van der Waals surface area contributed by atoms with Crippen LogP contribution in [0.5, 0.6) is 0 Å². The van der Waals surface area contributed by atoms with Crippen molar-refractivity contribution in [2.45, 2.75) is 25.8 Å². The lowest BCUT2D eigenvalue weighted by molar-refractivity contribution is -0.133. The average Bonchev–Trinajstić information content (AvgIpc) is 3.26. The molecular formula is C23H21ClN4O3S. The molecule has 2 aromatic carbocycles. The van der Waals surface area contributed by atoms with Crippen molar-refractivity contribution in [2.24, 2.45) is 0 Å². The molecule has 9 heteroatoms. The highest BCUT2D eigenvalue weighted by molar-refractivity contribution is 7.15. The number of halogens is 1. The minimum atomic E-state index is -1.21. The Kier molecular flexibility index (Phi) is 5.99. The second kappa shape index (κ2) is 8.72. The smallest absolute Gasteiger partial charge is 0.319 e. The fraction of sp³-hybridized carbons (Fsp3) is 0.217. The Morgan fingerprint density at radius 1 is 1.22 bits per heavy atom. The minimum absolute atomic E-state index is 0.394. The number of carbonyl (C=O) groups is 3. The quantitative estimate of drug-likeness (QED) is 0.533. The molecule has 1 saturated heterocycles. The molecule has 0 spiro atoms. The van der Waals surface area contributed by atoms with E-state index in [1.165, 1.54) is 11.3 Å². The predicted molar refractivity (Wildman–Crippen MR) is 124 cm³/mol. The van der Waals surface area contributed by atoms with Gasteiger partial charge in [0, 0.05) is 22.5 Å². The molecular weight excluding hydrogens is 448 g/mol. The second-order valence-electron chi connectivity index (χ2n) is 7.80. The summed E-state index contributed by atoms with van der Waals surface area (Å²) in [7, 11) is 0. The summed E-state index contributed by atoms with van der Waals surface area (Å²) in [5.74, 6) is -0.965. The fourth-order valence-corrected chi connectivity index (χ4v) is 4.60. The molecule has 4 rings (SSSR count). The Bertz CT molecular complexity index is 1190. The topological polar surface area (TPSA) is 91.4 Å². The van der Waals surface area contributed by atoms with E-state index in [0.29, 0.717) is 22.1 Å². The Balaban J connectivity index is 1.40. The summed E-state index contributed by atoms with van der Waals surface area (Å²) in [6.45, 7) is 3.19. The van der Waals surface area contributed by atoms with Gasteiger partial charge in [0.1, 0.15) is 12.1 Å². The molecule has 7 nitrogen and oxygen atoms in total. The molecule has 3 aromatic rings. The number of aromatic nitrogens is 1. The van der Waals surface area contributed by atoms with Gasteiger partial charge < -0.3 is 10.6 Å². The van der Waals surface area contributed by atoms with Gasteiger partial charge in [-0.2, -0.15) is 0 Å². The van der Waals surface area contributed by atoms with Crippen molar-refractivity contribution in [3.8, 4) is 0 Å². The van der Waals surface area contributed by atoms with Crippen LogP contribution >= 0.6 is 22.9 Å². The van der Waals surface area contributed by atoms with Crippen LogP contribution in [-0.2, 0) is 21.5 Å². The first-order valence-electron chi connectivity index (χ1n) is 9.95. The Morgan fingerprint density at radius 2 is 1.97 bits per heavy atom. The zero-order valence-corrected chi connectivity index (χ0v) is 19.1. The number of nitrogens with one attached hydrogen (secondary N) is 2. The largest absolute Gasteiger partial charge is 0.325 e. The van der Waals surface area contributed by atoms with E-state index in [0.717, 1.165) is 20.9 Å². The molecule has 164 valence electrons. The van der Waals surface area contributed by atoms with Crippen LogP contribution < -0.4 is 10.6 Å². The number of aryl methyl sites for hydroxylation is 1. The lowest BCUT2D eigenvalue weighted by atomic mass is 9.91. The summed E-state index contributed by atoms with van der Waals surface area (Å²) in [4.78, 5) is 44.1. The van der Waals surface area contributed by atoms with E-state index in [2.05, 4.69) is 15.6 Å². The molecule has 2 N–H and O–H groups in total. The van der Waals surface area contributed by atoms with Gasteiger partial charge >= 0.3 is 6.03 Å². The Hall–Kier alpha value is -3.23. The minimum Gasteiger partial charge on any atom is -0.319 e. The first kappa shape index (κ1) is 22.0. The molecule has 0 bridgehead atoms. The zero-order valence-electron chi connectivity index (χ0n) is 17.5. The molecule has 2 heterocycles. The maximum atomic E-state index is 13.0. The number of imide groups is 1. The van der Waals surface area contributed by atoms with E-state index in [-0.39, 0.29) is 0 Å². The van der Waals surface area contributed by atoms with Gasteiger partial charge in [-0.25, -0.2) is 9.78 Å². The normalized spacial score (nSPS) is 18.0. The summed E-state index contributed by atoms with van der Waals surface area (Å²) in [6.07, 6.45) is 2.32. The van der Waals surface area contributed by atoms with Crippen molar-refractivity contribution in [1.29, 1.82) is 0 Å². The highest BCUT2D eigenvalue weighted by atomic mass is 35.5.